The number of nitrogens with one attached hydrogen (secondary N) is 1. The van der Waals surface area contributed by atoms with E-state index in [2.05, 4.69) is 15.3 Å². The minimum atomic E-state index is -0.550. The van der Waals surface area contributed by atoms with E-state index in [0.29, 0.717) is 33.5 Å². The maximum Gasteiger partial charge on any atom is 0.266 e. The van der Waals surface area contributed by atoms with Crippen LogP contribution in [0.25, 0.3) is 27.7 Å². The molecular formula is C27H22N8O2. The van der Waals surface area contributed by atoms with Crippen LogP contribution in [0.4, 0.5) is 11.8 Å². The molecule has 1 atom stereocenters. The summed E-state index contributed by atoms with van der Waals surface area (Å²) >= 11 is 0. The number of nitriles is 1. The minimum Gasteiger partial charge on any atom is -0.368 e. The molecule has 0 fully saturated rings. The fraction of sp³-hybridized carbons (Fsp3) is 0.111. The molecule has 0 saturated carbocycles. The van der Waals surface area contributed by atoms with Crippen LogP contribution in [-0.2, 0) is 7.05 Å². The van der Waals surface area contributed by atoms with Crippen LogP contribution < -0.4 is 22.2 Å². The lowest BCUT2D eigenvalue weighted by molar-refractivity contribution is 0.730. The van der Waals surface area contributed by atoms with Crippen LogP contribution in [0.5, 0.6) is 0 Å². The summed E-state index contributed by atoms with van der Waals surface area (Å²) in [6, 6.07) is 19.3. The molecule has 182 valence electrons. The summed E-state index contributed by atoms with van der Waals surface area (Å²) in [7, 11) is 1.67. The lowest BCUT2D eigenvalue weighted by Crippen LogP contribution is -2.28. The zero-order chi connectivity index (χ0) is 26.1. The van der Waals surface area contributed by atoms with Gasteiger partial charge in [-0.25, -0.2) is 9.97 Å². The number of fused-ring (bicyclic) bond motifs is 1. The van der Waals surface area contributed by atoms with E-state index in [9.17, 15) is 14.9 Å². The van der Waals surface area contributed by atoms with Gasteiger partial charge in [-0.05, 0) is 42.3 Å². The van der Waals surface area contributed by atoms with Crippen molar-refractivity contribution in [2.45, 2.75) is 13.0 Å². The molecule has 3 heterocycles. The molecular weight excluding hydrogens is 468 g/mol. The first-order valence-electron chi connectivity index (χ1n) is 11.4. The van der Waals surface area contributed by atoms with Crippen molar-refractivity contribution in [3.8, 4) is 22.9 Å². The van der Waals surface area contributed by atoms with Crippen molar-refractivity contribution in [3.63, 3.8) is 0 Å². The van der Waals surface area contributed by atoms with E-state index in [4.69, 9.17) is 10.7 Å². The second-order valence-corrected chi connectivity index (χ2v) is 8.48. The van der Waals surface area contributed by atoms with Crippen LogP contribution in [0.2, 0.25) is 0 Å². The largest absolute Gasteiger partial charge is 0.368 e. The van der Waals surface area contributed by atoms with Crippen molar-refractivity contribution in [2.75, 3.05) is 11.1 Å². The number of nitrogens with zero attached hydrogens (tertiary/aromatic N) is 6. The van der Waals surface area contributed by atoms with E-state index >= 15 is 0 Å². The van der Waals surface area contributed by atoms with E-state index in [-0.39, 0.29) is 28.4 Å². The molecule has 10 heteroatoms. The summed E-state index contributed by atoms with van der Waals surface area (Å²) in [6.07, 6.45) is 3.01. The molecule has 2 aromatic carbocycles. The highest BCUT2D eigenvalue weighted by Crippen LogP contribution is 2.28. The van der Waals surface area contributed by atoms with Crippen LogP contribution >= 0.6 is 0 Å². The maximum atomic E-state index is 14.1. The summed E-state index contributed by atoms with van der Waals surface area (Å²) in [5.41, 5.74) is 7.81. The van der Waals surface area contributed by atoms with Gasteiger partial charge in [-0.1, -0.05) is 30.3 Å². The van der Waals surface area contributed by atoms with Gasteiger partial charge in [-0.15, -0.1) is 0 Å². The van der Waals surface area contributed by atoms with Crippen LogP contribution in [0.3, 0.4) is 0 Å². The molecule has 5 aromatic rings. The Balaban J connectivity index is 1.76. The number of nitrogen functional groups attached to an aromatic ring is 1. The normalized spacial score (nSPS) is 11.7. The third-order valence-corrected chi connectivity index (χ3v) is 6.02. The molecule has 0 radical (unpaired) electrons. The number of anilines is 2. The molecule has 0 unspecified atom stereocenters. The number of aromatic nitrogens is 5. The molecule has 0 spiro atoms. The highest BCUT2D eigenvalue weighted by molar-refractivity contribution is 5.94. The maximum absolute atomic E-state index is 14.1. The van der Waals surface area contributed by atoms with Gasteiger partial charge in [0.2, 0.25) is 5.95 Å². The topological polar surface area (TPSA) is 145 Å². The first-order chi connectivity index (χ1) is 17.9. The molecule has 0 amide bonds. The summed E-state index contributed by atoms with van der Waals surface area (Å²) in [6.45, 7) is 1.82. The second kappa shape index (κ2) is 9.39. The highest BCUT2D eigenvalue weighted by atomic mass is 16.1. The van der Waals surface area contributed by atoms with Gasteiger partial charge >= 0.3 is 0 Å². The number of benzene rings is 2. The quantitative estimate of drug-likeness (QED) is 0.382. The number of pyridine rings is 1. The molecule has 0 saturated heterocycles. The second-order valence-electron chi connectivity index (χ2n) is 8.48. The van der Waals surface area contributed by atoms with Crippen molar-refractivity contribution in [1.82, 2.24) is 24.1 Å². The van der Waals surface area contributed by atoms with Gasteiger partial charge in [0, 0.05) is 19.3 Å². The van der Waals surface area contributed by atoms with E-state index in [1.807, 2.05) is 43.3 Å². The fourth-order valence-corrected chi connectivity index (χ4v) is 4.18. The molecule has 3 N–H and O–H groups in total. The number of para-hydroxylation sites is 1. The van der Waals surface area contributed by atoms with Gasteiger partial charge in [0.15, 0.2) is 0 Å². The molecule has 0 aliphatic heterocycles. The Morgan fingerprint density at radius 2 is 1.84 bits per heavy atom. The summed E-state index contributed by atoms with van der Waals surface area (Å²) in [4.78, 5) is 39.4. The molecule has 5 rings (SSSR count). The van der Waals surface area contributed by atoms with Crippen LogP contribution in [0.15, 0.2) is 82.6 Å². The van der Waals surface area contributed by atoms with Gasteiger partial charge in [-0.2, -0.15) is 10.2 Å². The lowest BCUT2D eigenvalue weighted by Gasteiger charge is -2.21. The summed E-state index contributed by atoms with van der Waals surface area (Å²) in [5.74, 6) is 0.663. The zero-order valence-electron chi connectivity index (χ0n) is 20.1. The fourth-order valence-electron chi connectivity index (χ4n) is 4.18. The Morgan fingerprint density at radius 3 is 2.57 bits per heavy atom. The van der Waals surface area contributed by atoms with E-state index in [1.165, 1.54) is 21.4 Å². The minimum absolute atomic E-state index is 0.0132. The van der Waals surface area contributed by atoms with Gasteiger partial charge < -0.3 is 15.6 Å². The average molecular weight is 491 g/mol. The Morgan fingerprint density at radius 1 is 1.05 bits per heavy atom. The van der Waals surface area contributed by atoms with Gasteiger partial charge in [0.25, 0.3) is 11.1 Å². The molecule has 0 bridgehead atoms. The Kier molecular flexibility index (Phi) is 5.95. The van der Waals surface area contributed by atoms with Crippen LogP contribution in [0, 0.1) is 11.3 Å². The van der Waals surface area contributed by atoms with Crippen molar-refractivity contribution >= 4 is 22.7 Å². The van der Waals surface area contributed by atoms with Crippen molar-refractivity contribution in [1.29, 1.82) is 5.26 Å². The molecule has 10 nitrogen and oxygen atoms in total. The monoisotopic (exact) mass is 490 g/mol. The standard InChI is InChI=1S/C27H22N8O2/c1-16(31-24-18(14-28)15-30-27(29)33-24)25-32-21-10-6-9-20(17-11-12-34(2)22(36)13-17)23(21)26(37)35(25)19-7-4-3-5-8-19/h3-13,15-16H,1-2H3,(H3,29,30,31,33)/t16-/m1/s1. The number of hydrogen-bond donors (Lipinski definition) is 2. The predicted molar refractivity (Wildman–Crippen MR) is 141 cm³/mol. The Hall–Kier alpha value is -5.30. The highest BCUT2D eigenvalue weighted by Gasteiger charge is 2.21. The zero-order valence-corrected chi connectivity index (χ0v) is 20.1. The average Bonchev–Trinajstić information content (AvgIpc) is 2.90. The van der Waals surface area contributed by atoms with E-state index in [1.54, 1.807) is 37.5 Å². The van der Waals surface area contributed by atoms with Crippen molar-refractivity contribution < 1.29 is 0 Å². The first-order valence-corrected chi connectivity index (χ1v) is 11.4. The van der Waals surface area contributed by atoms with Crippen molar-refractivity contribution in [3.05, 3.63) is 105 Å². The van der Waals surface area contributed by atoms with Crippen LogP contribution in [0.1, 0.15) is 24.4 Å². The van der Waals surface area contributed by atoms with Crippen molar-refractivity contribution in [2.24, 2.45) is 7.05 Å². The number of aryl methyl sites for hydroxylation is 1. The molecule has 3 aromatic heterocycles. The van der Waals surface area contributed by atoms with E-state index < -0.39 is 6.04 Å². The third kappa shape index (κ3) is 4.30. The van der Waals surface area contributed by atoms with Crippen LogP contribution in [-0.4, -0.2) is 24.1 Å². The third-order valence-electron chi connectivity index (χ3n) is 6.02. The smallest absolute Gasteiger partial charge is 0.266 e. The molecule has 37 heavy (non-hydrogen) atoms. The molecule has 0 aliphatic rings. The van der Waals surface area contributed by atoms with Gasteiger partial charge in [0.1, 0.15) is 23.3 Å². The summed E-state index contributed by atoms with van der Waals surface area (Å²) in [5, 5.41) is 13.0. The Bertz CT molecular complexity index is 1800. The number of rotatable bonds is 5. The lowest BCUT2D eigenvalue weighted by atomic mass is 10.0. The first kappa shape index (κ1) is 23.4. The van der Waals surface area contributed by atoms with Gasteiger partial charge in [0.05, 0.1) is 28.8 Å². The Labute approximate surface area is 211 Å². The summed E-state index contributed by atoms with van der Waals surface area (Å²) < 4.78 is 3.00. The predicted octanol–water partition coefficient (Wildman–Crippen LogP) is 3.17. The SMILES string of the molecule is C[C@@H](Nc1nc(N)ncc1C#N)c1nc2cccc(-c3ccn(C)c(=O)c3)c2c(=O)n1-c1ccccc1. The number of hydrogen-bond acceptors (Lipinski definition) is 8. The van der Waals surface area contributed by atoms with E-state index in [0.717, 1.165) is 0 Å². The molecule has 0 aliphatic carbocycles. The van der Waals surface area contributed by atoms with Gasteiger partial charge in [-0.3, -0.25) is 14.2 Å². The number of nitrogens with two attached hydrogens (primary N) is 1.